The van der Waals surface area contributed by atoms with Gasteiger partial charge in [0, 0.05) is 30.8 Å². The zero-order valence-electron chi connectivity index (χ0n) is 12.0. The van der Waals surface area contributed by atoms with Gasteiger partial charge in [-0.15, -0.1) is 0 Å². The highest BCUT2D eigenvalue weighted by atomic mass is 32.1. The molecule has 1 aliphatic heterocycles. The van der Waals surface area contributed by atoms with Gasteiger partial charge >= 0.3 is 0 Å². The summed E-state index contributed by atoms with van der Waals surface area (Å²) < 4.78 is 5.47. The van der Waals surface area contributed by atoms with Crippen molar-refractivity contribution in [2.45, 2.75) is 25.8 Å². The third-order valence-corrected chi connectivity index (χ3v) is 5.00. The third-order valence-electron chi connectivity index (χ3n) is 4.76. The molecule has 2 N–H and O–H groups in total. The van der Waals surface area contributed by atoms with E-state index < -0.39 is 0 Å². The maximum absolute atomic E-state index is 5.73. The molecular formula is C16H22N2OS. The van der Waals surface area contributed by atoms with E-state index in [1.54, 1.807) is 7.11 Å². The predicted octanol–water partition coefficient (Wildman–Crippen LogP) is 2.56. The van der Waals surface area contributed by atoms with Crippen LogP contribution < -0.4 is 10.5 Å². The van der Waals surface area contributed by atoms with Crippen LogP contribution in [0.5, 0.6) is 5.75 Å². The lowest BCUT2D eigenvalue weighted by molar-refractivity contribution is 0.296. The number of thiocarbonyl (C=S) groups is 1. The van der Waals surface area contributed by atoms with Crippen LogP contribution in [0, 0.1) is 11.8 Å². The normalized spacial score (nSPS) is 25.6. The maximum Gasteiger partial charge on any atom is 0.123 e. The summed E-state index contributed by atoms with van der Waals surface area (Å²) in [5, 5.41) is 0. The molecule has 0 spiro atoms. The van der Waals surface area contributed by atoms with Crippen LogP contribution in [0.2, 0.25) is 0 Å². The molecule has 0 bridgehead atoms. The van der Waals surface area contributed by atoms with E-state index in [0.717, 1.165) is 29.7 Å². The van der Waals surface area contributed by atoms with E-state index in [4.69, 9.17) is 22.7 Å². The summed E-state index contributed by atoms with van der Waals surface area (Å²) in [7, 11) is 1.72. The van der Waals surface area contributed by atoms with Crippen molar-refractivity contribution >= 4 is 17.2 Å². The van der Waals surface area contributed by atoms with E-state index in [0.29, 0.717) is 4.99 Å². The van der Waals surface area contributed by atoms with Crippen LogP contribution in [0.1, 0.15) is 30.4 Å². The molecule has 0 radical (unpaired) electrons. The molecule has 4 heteroatoms. The molecule has 2 atom stereocenters. The van der Waals surface area contributed by atoms with Crippen molar-refractivity contribution in [3.8, 4) is 5.75 Å². The van der Waals surface area contributed by atoms with E-state index in [1.165, 1.54) is 37.9 Å². The second-order valence-electron chi connectivity index (χ2n) is 6.04. The molecule has 2 aliphatic rings. The Kier molecular flexibility index (Phi) is 3.94. The van der Waals surface area contributed by atoms with Crippen LogP contribution in [0.15, 0.2) is 18.2 Å². The van der Waals surface area contributed by atoms with Crippen molar-refractivity contribution in [1.82, 2.24) is 4.90 Å². The number of hydrogen-bond donors (Lipinski definition) is 1. The molecule has 1 aliphatic carbocycles. The van der Waals surface area contributed by atoms with Gasteiger partial charge in [-0.25, -0.2) is 0 Å². The monoisotopic (exact) mass is 290 g/mol. The lowest BCUT2D eigenvalue weighted by Crippen LogP contribution is -2.22. The number of likely N-dealkylation sites (tertiary alicyclic amines) is 1. The first-order chi connectivity index (χ1) is 9.67. The second kappa shape index (κ2) is 5.70. The summed E-state index contributed by atoms with van der Waals surface area (Å²) in [6.45, 7) is 3.39. The maximum atomic E-state index is 5.73. The predicted molar refractivity (Wildman–Crippen MR) is 85.0 cm³/mol. The summed E-state index contributed by atoms with van der Waals surface area (Å²) >= 11 is 5.07. The van der Waals surface area contributed by atoms with E-state index in [2.05, 4.69) is 11.0 Å². The SMILES string of the molecule is COc1ccc(C(N)=S)cc1CN1CC2CCCC2C1. The fourth-order valence-corrected chi connectivity index (χ4v) is 3.88. The summed E-state index contributed by atoms with van der Waals surface area (Å²) in [5.74, 6) is 2.77. The van der Waals surface area contributed by atoms with Crippen LogP contribution in [0.25, 0.3) is 0 Å². The molecule has 1 heterocycles. The number of methoxy groups -OCH3 is 1. The lowest BCUT2D eigenvalue weighted by Gasteiger charge is -2.19. The summed E-state index contributed by atoms with van der Waals surface area (Å²) in [6, 6.07) is 5.99. The molecule has 0 aromatic heterocycles. The van der Waals surface area contributed by atoms with Gasteiger partial charge in [0.25, 0.3) is 0 Å². The molecule has 1 saturated heterocycles. The van der Waals surface area contributed by atoms with E-state index >= 15 is 0 Å². The smallest absolute Gasteiger partial charge is 0.123 e. The highest BCUT2D eigenvalue weighted by Gasteiger charge is 2.35. The Hall–Kier alpha value is -1.13. The number of fused-ring (bicyclic) bond motifs is 1. The molecule has 2 unspecified atom stereocenters. The standard InChI is InChI=1S/C16H22N2OS/c1-19-15-6-5-11(16(17)20)7-14(15)10-18-8-12-3-2-4-13(12)9-18/h5-7,12-13H,2-4,8-10H2,1H3,(H2,17,20). The molecule has 108 valence electrons. The molecule has 20 heavy (non-hydrogen) atoms. The zero-order valence-corrected chi connectivity index (χ0v) is 12.8. The van der Waals surface area contributed by atoms with E-state index in [-0.39, 0.29) is 0 Å². The first kappa shape index (κ1) is 13.8. The Morgan fingerprint density at radius 1 is 1.35 bits per heavy atom. The van der Waals surface area contributed by atoms with Crippen LogP contribution in [-0.2, 0) is 6.54 Å². The number of benzene rings is 1. The highest BCUT2D eigenvalue weighted by Crippen LogP contribution is 2.38. The van der Waals surface area contributed by atoms with E-state index in [9.17, 15) is 0 Å². The zero-order chi connectivity index (χ0) is 14.1. The van der Waals surface area contributed by atoms with Crippen molar-refractivity contribution in [3.05, 3.63) is 29.3 Å². The van der Waals surface area contributed by atoms with Gasteiger partial charge in [0.15, 0.2) is 0 Å². The quantitative estimate of drug-likeness (QED) is 0.865. The van der Waals surface area contributed by atoms with Crippen molar-refractivity contribution < 1.29 is 4.74 Å². The molecule has 0 amide bonds. The van der Waals surface area contributed by atoms with Gasteiger partial charge in [-0.1, -0.05) is 18.6 Å². The van der Waals surface area contributed by atoms with Gasteiger partial charge in [-0.05, 0) is 42.9 Å². The molecular weight excluding hydrogens is 268 g/mol. The van der Waals surface area contributed by atoms with Crippen molar-refractivity contribution in [2.24, 2.45) is 17.6 Å². The molecule has 2 fully saturated rings. The Morgan fingerprint density at radius 3 is 2.65 bits per heavy atom. The first-order valence-electron chi connectivity index (χ1n) is 7.36. The van der Waals surface area contributed by atoms with Gasteiger partial charge in [0.05, 0.1) is 7.11 Å². The van der Waals surface area contributed by atoms with Crippen LogP contribution in [0.3, 0.4) is 0 Å². The lowest BCUT2D eigenvalue weighted by atomic mass is 10.0. The number of ether oxygens (including phenoxy) is 1. The number of rotatable bonds is 4. The van der Waals surface area contributed by atoms with E-state index in [1.807, 2.05) is 12.1 Å². The largest absolute Gasteiger partial charge is 0.496 e. The van der Waals surface area contributed by atoms with Gasteiger partial charge < -0.3 is 10.5 Å². The number of nitrogens with zero attached hydrogens (tertiary/aromatic N) is 1. The first-order valence-corrected chi connectivity index (χ1v) is 7.77. The second-order valence-corrected chi connectivity index (χ2v) is 6.48. The Morgan fingerprint density at radius 2 is 2.05 bits per heavy atom. The highest BCUT2D eigenvalue weighted by molar-refractivity contribution is 7.80. The average molecular weight is 290 g/mol. The minimum absolute atomic E-state index is 0.451. The van der Waals surface area contributed by atoms with Crippen molar-refractivity contribution in [2.75, 3.05) is 20.2 Å². The minimum Gasteiger partial charge on any atom is -0.496 e. The molecule has 1 saturated carbocycles. The number of hydrogen-bond acceptors (Lipinski definition) is 3. The minimum atomic E-state index is 0.451. The Bertz CT molecular complexity index is 505. The van der Waals surface area contributed by atoms with Crippen LogP contribution in [0.4, 0.5) is 0 Å². The topological polar surface area (TPSA) is 38.5 Å². The fraction of sp³-hybridized carbons (Fsp3) is 0.562. The van der Waals surface area contributed by atoms with Gasteiger partial charge in [-0.3, -0.25) is 4.90 Å². The third kappa shape index (κ3) is 2.67. The molecule has 3 rings (SSSR count). The summed E-state index contributed by atoms with van der Waals surface area (Å²) in [6.07, 6.45) is 4.24. The van der Waals surface area contributed by atoms with Crippen molar-refractivity contribution in [1.29, 1.82) is 0 Å². The van der Waals surface area contributed by atoms with Gasteiger partial charge in [0.1, 0.15) is 10.7 Å². The molecule has 1 aromatic rings. The summed E-state index contributed by atoms with van der Waals surface area (Å²) in [5.41, 5.74) is 7.85. The Labute approximate surface area is 126 Å². The fourth-order valence-electron chi connectivity index (χ4n) is 3.76. The summed E-state index contributed by atoms with van der Waals surface area (Å²) in [4.78, 5) is 3.00. The van der Waals surface area contributed by atoms with Gasteiger partial charge in [0.2, 0.25) is 0 Å². The Balaban J connectivity index is 1.76. The van der Waals surface area contributed by atoms with Crippen molar-refractivity contribution in [3.63, 3.8) is 0 Å². The van der Waals surface area contributed by atoms with Crippen LogP contribution >= 0.6 is 12.2 Å². The average Bonchev–Trinajstić information content (AvgIpc) is 2.99. The molecule has 3 nitrogen and oxygen atoms in total. The van der Waals surface area contributed by atoms with Gasteiger partial charge in [-0.2, -0.15) is 0 Å². The molecule has 1 aromatic carbocycles. The van der Waals surface area contributed by atoms with Crippen LogP contribution in [-0.4, -0.2) is 30.1 Å². The number of nitrogens with two attached hydrogens (primary N) is 1.